The molecule has 33 heavy (non-hydrogen) atoms. The van der Waals surface area contributed by atoms with Crippen LogP contribution in [0.25, 0.3) is 0 Å². The summed E-state index contributed by atoms with van der Waals surface area (Å²) >= 11 is 1.23. The first-order valence-corrected chi connectivity index (χ1v) is 10.8. The average Bonchev–Trinajstić information content (AvgIpc) is 3.51. The first-order valence-electron chi connectivity index (χ1n) is 9.90. The van der Waals surface area contributed by atoms with Gasteiger partial charge in [-0.1, -0.05) is 18.2 Å². The highest BCUT2D eigenvalue weighted by Gasteiger charge is 2.13. The van der Waals surface area contributed by atoms with E-state index in [9.17, 15) is 9.59 Å². The second kappa shape index (κ2) is 10.3. The molecular weight excluding hydrogens is 440 g/mol. The number of rotatable bonds is 8. The van der Waals surface area contributed by atoms with Gasteiger partial charge in [-0.05, 0) is 42.0 Å². The molecule has 0 atom stereocenters. The number of benzene rings is 2. The van der Waals surface area contributed by atoms with Gasteiger partial charge in [-0.3, -0.25) is 14.9 Å². The maximum atomic E-state index is 12.4. The zero-order chi connectivity index (χ0) is 23.0. The van der Waals surface area contributed by atoms with Gasteiger partial charge >= 0.3 is 0 Å². The van der Waals surface area contributed by atoms with Gasteiger partial charge in [0, 0.05) is 17.1 Å². The quantitative estimate of drug-likeness (QED) is 0.398. The normalized spacial score (nSPS) is 10.3. The molecule has 0 aliphatic rings. The smallest absolute Gasteiger partial charge is 0.293 e. The number of carbonyl (C=O) groups excluding carboxylic acids is 2. The lowest BCUT2D eigenvalue weighted by molar-refractivity contribution is -0.115. The van der Waals surface area contributed by atoms with E-state index < -0.39 is 5.91 Å². The predicted molar refractivity (Wildman–Crippen MR) is 123 cm³/mol. The van der Waals surface area contributed by atoms with Crippen LogP contribution in [0.2, 0.25) is 0 Å². The Morgan fingerprint density at radius 1 is 1.09 bits per heavy atom. The Bertz CT molecular complexity index is 1310. The van der Waals surface area contributed by atoms with Crippen molar-refractivity contribution in [3.05, 3.63) is 94.9 Å². The largest absolute Gasteiger partial charge is 0.489 e. The zero-order valence-electron chi connectivity index (χ0n) is 17.3. The van der Waals surface area contributed by atoms with Gasteiger partial charge in [0.05, 0.1) is 30.0 Å². The molecule has 2 N–H and O–H groups in total. The molecule has 0 fully saturated rings. The molecule has 0 unspecified atom stereocenters. The fraction of sp³-hybridized carbons (Fsp3) is 0.0833. The molecule has 0 aliphatic carbocycles. The van der Waals surface area contributed by atoms with Gasteiger partial charge < -0.3 is 14.5 Å². The third kappa shape index (κ3) is 6.06. The van der Waals surface area contributed by atoms with Crippen LogP contribution in [-0.4, -0.2) is 16.8 Å². The second-order valence-corrected chi connectivity index (χ2v) is 7.79. The maximum absolute atomic E-state index is 12.4. The minimum Gasteiger partial charge on any atom is -0.489 e. The lowest BCUT2D eigenvalue weighted by Crippen LogP contribution is -2.15. The molecule has 0 saturated carbocycles. The van der Waals surface area contributed by atoms with Crippen LogP contribution in [0.1, 0.15) is 27.4 Å². The van der Waals surface area contributed by atoms with Crippen LogP contribution in [0.15, 0.2) is 76.7 Å². The van der Waals surface area contributed by atoms with Crippen LogP contribution < -0.4 is 15.4 Å². The van der Waals surface area contributed by atoms with Crippen molar-refractivity contribution in [2.45, 2.75) is 13.0 Å². The second-order valence-electron chi connectivity index (χ2n) is 6.93. The van der Waals surface area contributed by atoms with Gasteiger partial charge in [-0.15, -0.1) is 11.3 Å². The van der Waals surface area contributed by atoms with Crippen LogP contribution >= 0.6 is 11.3 Å². The summed E-state index contributed by atoms with van der Waals surface area (Å²) in [6.07, 6.45) is 1.47. The van der Waals surface area contributed by atoms with Gasteiger partial charge in [-0.2, -0.15) is 5.26 Å². The van der Waals surface area contributed by atoms with Crippen LogP contribution in [0.4, 0.5) is 10.8 Å². The van der Waals surface area contributed by atoms with Crippen molar-refractivity contribution < 1.29 is 18.7 Å². The number of nitrogens with one attached hydrogen (secondary N) is 2. The Labute approximate surface area is 193 Å². The minimum atomic E-state index is -0.401. The molecule has 9 heteroatoms. The Kier molecular flexibility index (Phi) is 6.78. The lowest BCUT2D eigenvalue weighted by Gasteiger charge is -2.09. The SMILES string of the molecule is N#Cc1cccc(COc2cccc(NC(=O)Cc3csc(NC(=O)c4ccco4)n3)c2)c1. The number of nitrogens with zero attached hydrogens (tertiary/aromatic N) is 2. The molecule has 164 valence electrons. The van der Waals surface area contributed by atoms with Gasteiger partial charge in [-0.25, -0.2) is 4.98 Å². The topological polar surface area (TPSA) is 117 Å². The van der Waals surface area contributed by atoms with E-state index in [1.807, 2.05) is 6.07 Å². The highest BCUT2D eigenvalue weighted by Crippen LogP contribution is 2.20. The highest BCUT2D eigenvalue weighted by molar-refractivity contribution is 7.14. The Balaban J connectivity index is 1.30. The summed E-state index contributed by atoms with van der Waals surface area (Å²) in [5.41, 5.74) is 2.58. The molecule has 2 heterocycles. The lowest BCUT2D eigenvalue weighted by atomic mass is 10.1. The molecule has 2 amide bonds. The molecule has 2 aromatic carbocycles. The molecule has 0 bridgehead atoms. The van der Waals surface area contributed by atoms with Gasteiger partial charge in [0.15, 0.2) is 10.9 Å². The number of nitriles is 1. The highest BCUT2D eigenvalue weighted by atomic mass is 32.1. The van der Waals surface area contributed by atoms with E-state index in [0.29, 0.717) is 34.4 Å². The average molecular weight is 458 g/mol. The van der Waals surface area contributed by atoms with E-state index in [-0.39, 0.29) is 18.1 Å². The molecule has 0 radical (unpaired) electrons. The summed E-state index contributed by atoms with van der Waals surface area (Å²) < 4.78 is 10.8. The third-order valence-electron chi connectivity index (χ3n) is 4.44. The maximum Gasteiger partial charge on any atom is 0.293 e. The van der Waals surface area contributed by atoms with Gasteiger partial charge in [0.1, 0.15) is 12.4 Å². The van der Waals surface area contributed by atoms with E-state index in [1.54, 1.807) is 60.0 Å². The fourth-order valence-corrected chi connectivity index (χ4v) is 3.65. The third-order valence-corrected chi connectivity index (χ3v) is 5.24. The Morgan fingerprint density at radius 2 is 1.97 bits per heavy atom. The van der Waals surface area contributed by atoms with E-state index in [4.69, 9.17) is 14.4 Å². The van der Waals surface area contributed by atoms with Crippen LogP contribution in [-0.2, 0) is 17.8 Å². The van der Waals surface area contributed by atoms with Crippen LogP contribution in [0.5, 0.6) is 5.75 Å². The number of aromatic nitrogens is 1. The van der Waals surface area contributed by atoms with Crippen molar-refractivity contribution in [3.8, 4) is 11.8 Å². The predicted octanol–water partition coefficient (Wildman–Crippen LogP) is 4.62. The van der Waals surface area contributed by atoms with Crippen molar-refractivity contribution in [1.29, 1.82) is 5.26 Å². The summed E-state index contributed by atoms with van der Waals surface area (Å²) in [6, 6.07) is 19.5. The summed E-state index contributed by atoms with van der Waals surface area (Å²) in [6.45, 7) is 0.304. The first-order chi connectivity index (χ1) is 16.1. The number of hydrogen-bond donors (Lipinski definition) is 2. The summed E-state index contributed by atoms with van der Waals surface area (Å²) in [4.78, 5) is 28.7. The van der Waals surface area contributed by atoms with E-state index in [2.05, 4.69) is 21.7 Å². The molecular formula is C24H18N4O4S. The van der Waals surface area contributed by atoms with E-state index in [0.717, 1.165) is 5.56 Å². The van der Waals surface area contributed by atoms with Crippen molar-refractivity contribution in [1.82, 2.24) is 4.98 Å². The first kappa shape index (κ1) is 21.8. The van der Waals surface area contributed by atoms with Crippen molar-refractivity contribution in [3.63, 3.8) is 0 Å². The number of carbonyl (C=O) groups is 2. The summed E-state index contributed by atoms with van der Waals surface area (Å²) in [5.74, 6) is 0.126. The zero-order valence-corrected chi connectivity index (χ0v) is 18.1. The number of thiazole rings is 1. The van der Waals surface area contributed by atoms with Crippen LogP contribution in [0.3, 0.4) is 0 Å². The molecule has 2 aromatic heterocycles. The van der Waals surface area contributed by atoms with Crippen molar-refractivity contribution >= 4 is 34.0 Å². The fourth-order valence-electron chi connectivity index (χ4n) is 2.94. The number of hydrogen-bond acceptors (Lipinski definition) is 7. The molecule has 4 aromatic rings. The Morgan fingerprint density at radius 3 is 2.79 bits per heavy atom. The Hall–Kier alpha value is -4.42. The van der Waals surface area contributed by atoms with Crippen molar-refractivity contribution in [2.24, 2.45) is 0 Å². The monoisotopic (exact) mass is 458 g/mol. The molecule has 8 nitrogen and oxygen atoms in total. The number of furan rings is 1. The number of ether oxygens (including phenoxy) is 1. The van der Waals surface area contributed by atoms with E-state index >= 15 is 0 Å². The standard InChI is InChI=1S/C24H18N4O4S/c25-13-16-4-1-5-17(10-16)14-32-20-7-2-6-18(11-20)26-22(29)12-19-15-33-24(27-19)28-23(30)21-8-3-9-31-21/h1-11,15H,12,14H2,(H,26,29)(H,27,28,30). The van der Waals surface area contributed by atoms with Crippen molar-refractivity contribution in [2.75, 3.05) is 10.6 Å². The van der Waals surface area contributed by atoms with E-state index in [1.165, 1.54) is 17.6 Å². The molecule has 0 spiro atoms. The summed E-state index contributed by atoms with van der Waals surface area (Å²) in [7, 11) is 0. The molecule has 0 aliphatic heterocycles. The van der Waals surface area contributed by atoms with Gasteiger partial charge in [0.25, 0.3) is 5.91 Å². The minimum absolute atomic E-state index is 0.0547. The molecule has 4 rings (SSSR count). The van der Waals surface area contributed by atoms with Crippen LogP contribution in [0, 0.1) is 11.3 Å². The summed E-state index contributed by atoms with van der Waals surface area (Å²) in [5, 5.41) is 16.6. The molecule has 0 saturated heterocycles. The van der Waals surface area contributed by atoms with Gasteiger partial charge in [0.2, 0.25) is 5.91 Å². The number of amides is 2. The number of anilines is 2.